The standard InChI is InChI=1S/C21H17BrFN5O2/c22-18-7-2-1-6-16(18)20(29)24-8-9-28-19-17(11-26-28)21(30)27(13-25-19)12-14-4-3-5-15(23)10-14/h1-7,10-11,13H,8-9,12H2,(H,24,29). The highest BCUT2D eigenvalue weighted by Gasteiger charge is 2.12. The third-order valence-electron chi connectivity index (χ3n) is 4.59. The van der Waals surface area contributed by atoms with E-state index in [1.807, 2.05) is 6.07 Å². The van der Waals surface area contributed by atoms with Crippen molar-refractivity contribution in [3.8, 4) is 0 Å². The first-order valence-electron chi connectivity index (χ1n) is 9.21. The van der Waals surface area contributed by atoms with Crippen LogP contribution in [-0.4, -0.2) is 31.8 Å². The molecular weight excluding hydrogens is 453 g/mol. The maximum Gasteiger partial charge on any atom is 0.264 e. The van der Waals surface area contributed by atoms with E-state index in [1.54, 1.807) is 35.0 Å². The Morgan fingerprint density at radius 3 is 2.80 bits per heavy atom. The summed E-state index contributed by atoms with van der Waals surface area (Å²) < 4.78 is 17.1. The van der Waals surface area contributed by atoms with Crippen LogP contribution in [0.25, 0.3) is 11.0 Å². The molecule has 152 valence electrons. The van der Waals surface area contributed by atoms with Crippen molar-refractivity contribution < 1.29 is 9.18 Å². The molecular formula is C21H17BrFN5O2. The van der Waals surface area contributed by atoms with E-state index in [0.717, 1.165) is 0 Å². The van der Waals surface area contributed by atoms with E-state index >= 15 is 0 Å². The molecule has 0 radical (unpaired) electrons. The third-order valence-corrected chi connectivity index (χ3v) is 5.28. The van der Waals surface area contributed by atoms with Gasteiger partial charge in [-0.2, -0.15) is 5.10 Å². The SMILES string of the molecule is O=C(NCCn1ncc2c(=O)n(Cc3cccc(F)c3)cnc21)c1ccccc1Br. The minimum Gasteiger partial charge on any atom is -0.350 e. The molecule has 0 atom stereocenters. The Bertz CT molecular complexity index is 1280. The largest absolute Gasteiger partial charge is 0.350 e. The van der Waals surface area contributed by atoms with Gasteiger partial charge in [0.15, 0.2) is 5.65 Å². The molecule has 0 spiro atoms. The smallest absolute Gasteiger partial charge is 0.264 e. The van der Waals surface area contributed by atoms with Crippen molar-refractivity contribution in [2.75, 3.05) is 6.54 Å². The highest BCUT2D eigenvalue weighted by molar-refractivity contribution is 9.10. The van der Waals surface area contributed by atoms with E-state index in [4.69, 9.17) is 0 Å². The molecule has 0 saturated heterocycles. The van der Waals surface area contributed by atoms with Gasteiger partial charge in [0.1, 0.15) is 17.5 Å². The molecule has 0 aliphatic heterocycles. The summed E-state index contributed by atoms with van der Waals surface area (Å²) in [4.78, 5) is 29.4. The zero-order chi connectivity index (χ0) is 21.1. The van der Waals surface area contributed by atoms with Crippen LogP contribution in [0.2, 0.25) is 0 Å². The molecule has 4 aromatic rings. The van der Waals surface area contributed by atoms with E-state index < -0.39 is 0 Å². The Morgan fingerprint density at radius 2 is 2.00 bits per heavy atom. The van der Waals surface area contributed by atoms with Crippen molar-refractivity contribution in [2.45, 2.75) is 13.1 Å². The third kappa shape index (κ3) is 4.16. The number of halogens is 2. The number of rotatable bonds is 6. The number of carbonyl (C=O) groups excluding carboxylic acids is 1. The Kier molecular flexibility index (Phi) is 5.71. The zero-order valence-electron chi connectivity index (χ0n) is 15.8. The highest BCUT2D eigenvalue weighted by atomic mass is 79.9. The number of aromatic nitrogens is 4. The molecule has 30 heavy (non-hydrogen) atoms. The summed E-state index contributed by atoms with van der Waals surface area (Å²) in [5, 5.41) is 7.42. The molecule has 2 aromatic heterocycles. The number of amides is 1. The lowest BCUT2D eigenvalue weighted by atomic mass is 10.2. The minimum atomic E-state index is -0.355. The summed E-state index contributed by atoms with van der Waals surface area (Å²) in [6, 6.07) is 13.2. The number of fused-ring (bicyclic) bond motifs is 1. The van der Waals surface area contributed by atoms with Gasteiger partial charge in [0, 0.05) is 11.0 Å². The van der Waals surface area contributed by atoms with Crippen molar-refractivity contribution in [3.63, 3.8) is 0 Å². The predicted octanol–water partition coefficient (Wildman–Crippen LogP) is 2.97. The van der Waals surface area contributed by atoms with Gasteiger partial charge in [-0.1, -0.05) is 24.3 Å². The lowest BCUT2D eigenvalue weighted by Gasteiger charge is -2.08. The van der Waals surface area contributed by atoms with Crippen molar-refractivity contribution >= 4 is 32.9 Å². The second kappa shape index (κ2) is 8.58. The number of hydrogen-bond acceptors (Lipinski definition) is 4. The fraction of sp³-hybridized carbons (Fsp3) is 0.143. The Morgan fingerprint density at radius 1 is 1.17 bits per heavy atom. The Labute approximate surface area is 179 Å². The van der Waals surface area contributed by atoms with Gasteiger partial charge in [-0.3, -0.25) is 14.2 Å². The lowest BCUT2D eigenvalue weighted by molar-refractivity contribution is 0.0951. The van der Waals surface area contributed by atoms with Crippen LogP contribution in [-0.2, 0) is 13.1 Å². The van der Waals surface area contributed by atoms with Crippen molar-refractivity contribution in [2.24, 2.45) is 0 Å². The monoisotopic (exact) mass is 469 g/mol. The van der Waals surface area contributed by atoms with Crippen molar-refractivity contribution in [1.82, 2.24) is 24.6 Å². The molecule has 9 heteroatoms. The number of nitrogens with zero attached hydrogens (tertiary/aromatic N) is 4. The van der Waals surface area contributed by atoms with E-state index in [1.165, 1.54) is 29.2 Å². The first kappa shape index (κ1) is 20.0. The fourth-order valence-electron chi connectivity index (χ4n) is 3.12. The van der Waals surface area contributed by atoms with Crippen LogP contribution in [0.1, 0.15) is 15.9 Å². The number of benzene rings is 2. The maximum atomic E-state index is 13.4. The maximum absolute atomic E-state index is 13.4. The van der Waals surface area contributed by atoms with Crippen LogP contribution in [0.3, 0.4) is 0 Å². The molecule has 1 amide bonds. The molecule has 7 nitrogen and oxygen atoms in total. The van der Waals surface area contributed by atoms with Gasteiger partial charge in [-0.25, -0.2) is 14.1 Å². The van der Waals surface area contributed by atoms with Gasteiger partial charge in [0.2, 0.25) is 0 Å². The van der Waals surface area contributed by atoms with Crippen LogP contribution in [0.15, 0.2) is 70.3 Å². The van der Waals surface area contributed by atoms with Crippen molar-refractivity contribution in [3.05, 3.63) is 92.8 Å². The second-order valence-corrected chi connectivity index (χ2v) is 7.50. The molecule has 0 saturated carbocycles. The quantitative estimate of drug-likeness (QED) is 0.470. The highest BCUT2D eigenvalue weighted by Crippen LogP contribution is 2.15. The van der Waals surface area contributed by atoms with Gasteiger partial charge >= 0.3 is 0 Å². The molecule has 0 aliphatic rings. The average molecular weight is 470 g/mol. The van der Waals surface area contributed by atoms with E-state index in [0.29, 0.717) is 39.7 Å². The van der Waals surface area contributed by atoms with Crippen LogP contribution in [0.5, 0.6) is 0 Å². The lowest BCUT2D eigenvalue weighted by Crippen LogP contribution is -2.28. The topological polar surface area (TPSA) is 81.8 Å². The molecule has 0 fully saturated rings. The first-order chi connectivity index (χ1) is 14.5. The van der Waals surface area contributed by atoms with Gasteiger partial charge in [0.05, 0.1) is 24.8 Å². The number of nitrogens with one attached hydrogen (secondary N) is 1. The normalized spacial score (nSPS) is 11.0. The van der Waals surface area contributed by atoms with E-state index in [9.17, 15) is 14.0 Å². The molecule has 2 aromatic carbocycles. The minimum absolute atomic E-state index is 0.204. The summed E-state index contributed by atoms with van der Waals surface area (Å²) in [6.07, 6.45) is 2.88. The molecule has 4 rings (SSSR count). The van der Waals surface area contributed by atoms with Gasteiger partial charge in [-0.05, 0) is 45.8 Å². The number of hydrogen-bond donors (Lipinski definition) is 1. The summed E-state index contributed by atoms with van der Waals surface area (Å²) in [7, 11) is 0. The van der Waals surface area contributed by atoms with E-state index in [-0.39, 0.29) is 23.8 Å². The van der Waals surface area contributed by atoms with Gasteiger partial charge < -0.3 is 5.32 Å². The summed E-state index contributed by atoms with van der Waals surface area (Å²) in [5.41, 5.74) is 1.39. The fourth-order valence-corrected chi connectivity index (χ4v) is 3.59. The Balaban J connectivity index is 1.47. The van der Waals surface area contributed by atoms with E-state index in [2.05, 4.69) is 31.3 Å². The molecule has 1 N–H and O–H groups in total. The summed E-state index contributed by atoms with van der Waals surface area (Å²) in [5.74, 6) is -0.559. The van der Waals surface area contributed by atoms with Crippen LogP contribution >= 0.6 is 15.9 Å². The number of carbonyl (C=O) groups is 1. The van der Waals surface area contributed by atoms with Crippen LogP contribution < -0.4 is 10.9 Å². The Hall–Kier alpha value is -3.33. The van der Waals surface area contributed by atoms with Crippen LogP contribution in [0, 0.1) is 5.82 Å². The molecule has 0 aliphatic carbocycles. The zero-order valence-corrected chi connectivity index (χ0v) is 17.3. The molecule has 0 bridgehead atoms. The summed E-state index contributed by atoms with van der Waals surface area (Å²) in [6.45, 7) is 0.901. The second-order valence-electron chi connectivity index (χ2n) is 6.65. The molecule has 0 unspecified atom stereocenters. The van der Waals surface area contributed by atoms with Gasteiger partial charge in [0.25, 0.3) is 11.5 Å². The summed E-state index contributed by atoms with van der Waals surface area (Å²) >= 11 is 3.36. The predicted molar refractivity (Wildman–Crippen MR) is 114 cm³/mol. The average Bonchev–Trinajstić information content (AvgIpc) is 3.14. The van der Waals surface area contributed by atoms with Crippen molar-refractivity contribution in [1.29, 1.82) is 0 Å². The molecule has 2 heterocycles. The van der Waals surface area contributed by atoms with Crippen LogP contribution in [0.4, 0.5) is 4.39 Å². The first-order valence-corrected chi connectivity index (χ1v) is 10.0. The van der Waals surface area contributed by atoms with Gasteiger partial charge in [-0.15, -0.1) is 0 Å².